The Morgan fingerprint density at radius 3 is 1.00 bits per heavy atom. The van der Waals surface area contributed by atoms with E-state index in [4.69, 9.17) is 0 Å². The molecule has 0 spiro atoms. The molecule has 0 aromatic carbocycles. The van der Waals surface area contributed by atoms with E-state index < -0.39 is 0 Å². The Morgan fingerprint density at radius 2 is 0.659 bits per heavy atom. The van der Waals surface area contributed by atoms with Crippen LogP contribution in [0.25, 0.3) is 0 Å². The second-order valence-electron chi connectivity index (χ2n) is 13.4. The quantitative estimate of drug-likeness (QED) is 0.273. The van der Waals surface area contributed by atoms with Crippen molar-refractivity contribution in [1.82, 2.24) is 0 Å². The van der Waals surface area contributed by atoms with Crippen molar-refractivity contribution in [2.45, 2.75) is 167 Å². The van der Waals surface area contributed by atoms with E-state index in [9.17, 15) is 0 Å². The Bertz CT molecular complexity index is 629. The maximum Gasteiger partial charge on any atom is -0.0320 e. The lowest BCUT2D eigenvalue weighted by Crippen LogP contribution is -2.25. The van der Waals surface area contributed by atoms with Crippen LogP contribution in [0, 0.1) is 23.7 Å². The standard InChI is InChI=1S/C22H38.2C7H12.4C2H4/c1-18-12-14-20(15-13-18)17-22(21-10-6-3-7-11-21)16-19-8-4-2-5-9-19;2*1-7-5-3-2-4-6-7;4*1-2/h19-22H,1-17H2;2*1-6H2;4*1-2H2. The first-order valence-corrected chi connectivity index (χ1v) is 18.6. The molecule has 1 atom stereocenters. The van der Waals surface area contributed by atoms with Crippen molar-refractivity contribution in [2.75, 3.05) is 0 Å². The summed E-state index contributed by atoms with van der Waals surface area (Å²) in [7, 11) is 0. The third-order valence-corrected chi connectivity index (χ3v) is 10.2. The van der Waals surface area contributed by atoms with Gasteiger partial charge >= 0.3 is 0 Å². The van der Waals surface area contributed by atoms with Crippen molar-refractivity contribution in [3.63, 3.8) is 0 Å². The summed E-state index contributed by atoms with van der Waals surface area (Å²) >= 11 is 0. The molecule has 0 N–H and O–H groups in total. The molecule has 0 aliphatic heterocycles. The lowest BCUT2D eigenvalue weighted by atomic mass is 9.69. The Kier molecular flexibility index (Phi) is 32.8. The summed E-state index contributed by atoms with van der Waals surface area (Å²) in [5.41, 5.74) is 4.45. The van der Waals surface area contributed by atoms with Crippen molar-refractivity contribution in [2.24, 2.45) is 23.7 Å². The SMILES string of the molecule is C=C.C=C.C=C.C=C.C=C1CCC(CC(CC2CCCCC2)C2CCCCC2)CC1.C=C1CCCCC1.C=C1CCCCC1. The highest BCUT2D eigenvalue weighted by molar-refractivity contribution is 4.99. The molecule has 0 bridgehead atoms. The molecule has 5 saturated carbocycles. The fraction of sp³-hybridized carbons (Fsp3) is 0.682. The van der Waals surface area contributed by atoms with Crippen molar-refractivity contribution in [1.29, 1.82) is 0 Å². The summed E-state index contributed by atoms with van der Waals surface area (Å²) in [6.45, 7) is 36.0. The molecule has 5 fully saturated rings. The molecule has 1 unspecified atom stereocenters. The molecule has 254 valence electrons. The average Bonchev–Trinajstić information content (AvgIpc) is 3.11. The van der Waals surface area contributed by atoms with Gasteiger partial charge in [-0.25, -0.2) is 0 Å². The maximum absolute atomic E-state index is 4.21. The molecule has 44 heavy (non-hydrogen) atoms. The molecule has 0 heteroatoms. The van der Waals surface area contributed by atoms with Crippen LogP contribution in [0.15, 0.2) is 89.1 Å². The van der Waals surface area contributed by atoms with Crippen LogP contribution < -0.4 is 0 Å². The molecule has 0 aromatic rings. The minimum Gasteiger partial charge on any atom is -0.106 e. The molecule has 5 aliphatic carbocycles. The summed E-state index contributed by atoms with van der Waals surface area (Å²) in [5.74, 6) is 4.26. The van der Waals surface area contributed by atoms with Crippen LogP contribution in [0.4, 0.5) is 0 Å². The van der Waals surface area contributed by atoms with Gasteiger partial charge in [0, 0.05) is 0 Å². The summed E-state index contributed by atoms with van der Waals surface area (Å²) in [4.78, 5) is 0. The summed E-state index contributed by atoms with van der Waals surface area (Å²) in [6.07, 6.45) is 37.6. The van der Waals surface area contributed by atoms with Crippen molar-refractivity contribution in [3.8, 4) is 0 Å². The van der Waals surface area contributed by atoms with Crippen LogP contribution in [0.5, 0.6) is 0 Å². The van der Waals surface area contributed by atoms with Gasteiger partial charge in [0.1, 0.15) is 0 Å². The number of hydrogen-bond acceptors (Lipinski definition) is 0. The molecular formula is C44H78. The van der Waals surface area contributed by atoms with Crippen LogP contribution in [0.2, 0.25) is 0 Å². The molecule has 0 radical (unpaired) electrons. The van der Waals surface area contributed by atoms with Gasteiger partial charge in [0.15, 0.2) is 0 Å². The van der Waals surface area contributed by atoms with Gasteiger partial charge in [-0.05, 0) is 114 Å². The van der Waals surface area contributed by atoms with Crippen LogP contribution in [-0.4, -0.2) is 0 Å². The zero-order valence-corrected chi connectivity index (χ0v) is 30.0. The van der Waals surface area contributed by atoms with E-state index in [0.29, 0.717) is 0 Å². The van der Waals surface area contributed by atoms with Crippen LogP contribution in [0.3, 0.4) is 0 Å². The molecule has 0 aromatic heterocycles. The molecule has 5 aliphatic rings. The lowest BCUT2D eigenvalue weighted by Gasteiger charge is -2.37. The molecule has 0 heterocycles. The van der Waals surface area contributed by atoms with E-state index >= 15 is 0 Å². The van der Waals surface area contributed by atoms with Gasteiger partial charge in [-0.3, -0.25) is 0 Å². The summed E-state index contributed by atoms with van der Waals surface area (Å²) in [5, 5.41) is 0. The third-order valence-electron chi connectivity index (χ3n) is 10.2. The van der Waals surface area contributed by atoms with Gasteiger partial charge in [-0.1, -0.05) is 114 Å². The number of hydrogen-bond donors (Lipinski definition) is 0. The van der Waals surface area contributed by atoms with E-state index in [1.54, 1.807) is 38.5 Å². The van der Waals surface area contributed by atoms with Gasteiger partial charge in [0.05, 0.1) is 0 Å². The minimum absolute atomic E-state index is 1.03. The average molecular weight is 607 g/mol. The predicted octanol–water partition coefficient (Wildman–Crippen LogP) is 15.5. The second kappa shape index (κ2) is 32.6. The number of allylic oxidation sites excluding steroid dienone is 3. The first kappa shape index (κ1) is 44.3. The molecule has 0 saturated heterocycles. The molecule has 0 nitrogen and oxygen atoms in total. The van der Waals surface area contributed by atoms with E-state index in [1.807, 2.05) is 0 Å². The summed E-state index contributed by atoms with van der Waals surface area (Å²) in [6, 6.07) is 0. The van der Waals surface area contributed by atoms with E-state index in [1.165, 1.54) is 145 Å². The highest BCUT2D eigenvalue weighted by Gasteiger charge is 2.30. The Morgan fingerprint density at radius 1 is 0.364 bits per heavy atom. The van der Waals surface area contributed by atoms with E-state index in [-0.39, 0.29) is 0 Å². The van der Waals surface area contributed by atoms with Gasteiger partial charge in [-0.2, -0.15) is 0 Å². The van der Waals surface area contributed by atoms with Crippen LogP contribution >= 0.6 is 0 Å². The zero-order valence-electron chi connectivity index (χ0n) is 30.0. The zero-order chi connectivity index (χ0) is 33.4. The lowest BCUT2D eigenvalue weighted by molar-refractivity contribution is 0.153. The summed E-state index contributed by atoms with van der Waals surface area (Å²) < 4.78 is 0. The largest absolute Gasteiger partial charge is 0.106 e. The van der Waals surface area contributed by atoms with Crippen molar-refractivity contribution < 1.29 is 0 Å². The Balaban J connectivity index is 0. The van der Waals surface area contributed by atoms with Gasteiger partial charge in [-0.15, -0.1) is 52.6 Å². The fourth-order valence-electron chi connectivity index (χ4n) is 7.79. The predicted molar refractivity (Wildman–Crippen MR) is 206 cm³/mol. The van der Waals surface area contributed by atoms with Crippen LogP contribution in [-0.2, 0) is 0 Å². The topological polar surface area (TPSA) is 0 Å². The molecule has 5 rings (SSSR count). The minimum atomic E-state index is 1.03. The van der Waals surface area contributed by atoms with E-state index in [0.717, 1.165) is 23.7 Å². The van der Waals surface area contributed by atoms with Gasteiger partial charge in [0.25, 0.3) is 0 Å². The first-order chi connectivity index (χ1) is 21.6. The maximum atomic E-state index is 4.21. The second-order valence-corrected chi connectivity index (χ2v) is 13.4. The van der Waals surface area contributed by atoms with Crippen LogP contribution in [0.1, 0.15) is 167 Å². The first-order valence-electron chi connectivity index (χ1n) is 18.6. The monoisotopic (exact) mass is 607 g/mol. The highest BCUT2D eigenvalue weighted by atomic mass is 14.4. The number of rotatable bonds is 5. The van der Waals surface area contributed by atoms with Gasteiger partial charge < -0.3 is 0 Å². The van der Waals surface area contributed by atoms with E-state index in [2.05, 4.69) is 72.4 Å². The smallest absolute Gasteiger partial charge is 0.0320 e. The molecular weight excluding hydrogens is 528 g/mol. The van der Waals surface area contributed by atoms with Gasteiger partial charge in [0.2, 0.25) is 0 Å². The fourth-order valence-corrected chi connectivity index (χ4v) is 7.79. The normalized spacial score (nSPS) is 21.5. The van der Waals surface area contributed by atoms with Crippen molar-refractivity contribution >= 4 is 0 Å². The Labute approximate surface area is 279 Å². The third kappa shape index (κ3) is 22.7. The highest BCUT2D eigenvalue weighted by Crippen LogP contribution is 2.42. The molecule has 0 amide bonds. The Hall–Kier alpha value is -1.82. The van der Waals surface area contributed by atoms with Crippen molar-refractivity contribution in [3.05, 3.63) is 89.1 Å².